The standard InChI is InChI=1S/C15H19ClN2S/c1-3-13-4-5-14(19-13)9-15(18-17)11-6-10(2)7-12(16)8-11/h4-8,15,18H,3,9,17H2,1-2H3. The number of halogens is 1. The molecule has 4 heteroatoms. The topological polar surface area (TPSA) is 38.0 Å². The highest BCUT2D eigenvalue weighted by molar-refractivity contribution is 7.11. The maximum Gasteiger partial charge on any atom is 0.0508 e. The van der Waals surface area contributed by atoms with Gasteiger partial charge in [0.05, 0.1) is 6.04 Å². The van der Waals surface area contributed by atoms with E-state index >= 15 is 0 Å². The van der Waals surface area contributed by atoms with Crippen molar-refractivity contribution in [1.82, 2.24) is 5.43 Å². The fourth-order valence-corrected chi connectivity index (χ4v) is 3.46. The Morgan fingerprint density at radius 2 is 2.00 bits per heavy atom. The molecule has 2 aromatic rings. The van der Waals surface area contributed by atoms with Crippen LogP contribution in [0.3, 0.4) is 0 Å². The van der Waals surface area contributed by atoms with Crippen molar-refractivity contribution in [3.05, 3.63) is 56.2 Å². The Bertz CT molecular complexity index is 531. The van der Waals surface area contributed by atoms with Crippen molar-refractivity contribution in [2.45, 2.75) is 32.7 Å². The van der Waals surface area contributed by atoms with Gasteiger partial charge in [-0.2, -0.15) is 0 Å². The molecule has 102 valence electrons. The van der Waals surface area contributed by atoms with E-state index in [1.807, 2.05) is 30.4 Å². The maximum absolute atomic E-state index is 6.11. The summed E-state index contributed by atoms with van der Waals surface area (Å²) < 4.78 is 0. The van der Waals surface area contributed by atoms with Gasteiger partial charge in [0.15, 0.2) is 0 Å². The molecule has 0 aliphatic rings. The molecule has 1 aromatic carbocycles. The van der Waals surface area contributed by atoms with Crippen molar-refractivity contribution in [2.75, 3.05) is 0 Å². The lowest BCUT2D eigenvalue weighted by molar-refractivity contribution is 0.555. The fraction of sp³-hybridized carbons (Fsp3) is 0.333. The minimum absolute atomic E-state index is 0.0979. The van der Waals surface area contributed by atoms with Crippen LogP contribution in [0.1, 0.15) is 33.8 Å². The molecule has 0 fully saturated rings. The van der Waals surface area contributed by atoms with Crippen LogP contribution in [-0.4, -0.2) is 0 Å². The number of hydrogen-bond acceptors (Lipinski definition) is 3. The number of thiophene rings is 1. The first kappa shape index (κ1) is 14.5. The van der Waals surface area contributed by atoms with Crippen molar-refractivity contribution in [3.63, 3.8) is 0 Å². The fourth-order valence-electron chi connectivity index (χ4n) is 2.16. The summed E-state index contributed by atoms with van der Waals surface area (Å²) in [6, 6.07) is 10.5. The van der Waals surface area contributed by atoms with Gasteiger partial charge in [-0.1, -0.05) is 24.6 Å². The maximum atomic E-state index is 6.11. The quantitative estimate of drug-likeness (QED) is 0.646. The molecule has 0 spiro atoms. The lowest BCUT2D eigenvalue weighted by Crippen LogP contribution is -2.29. The van der Waals surface area contributed by atoms with E-state index in [1.54, 1.807) is 0 Å². The number of aryl methyl sites for hydroxylation is 2. The van der Waals surface area contributed by atoms with Crippen molar-refractivity contribution in [2.24, 2.45) is 5.84 Å². The van der Waals surface area contributed by atoms with E-state index in [4.69, 9.17) is 17.4 Å². The zero-order valence-corrected chi connectivity index (χ0v) is 12.8. The number of nitrogens with two attached hydrogens (primary N) is 1. The third kappa shape index (κ3) is 3.80. The molecule has 0 aliphatic carbocycles. The summed E-state index contributed by atoms with van der Waals surface area (Å²) in [5, 5.41) is 0.760. The zero-order valence-electron chi connectivity index (χ0n) is 11.2. The van der Waals surface area contributed by atoms with Crippen molar-refractivity contribution < 1.29 is 0 Å². The zero-order chi connectivity index (χ0) is 13.8. The average Bonchev–Trinajstić information content (AvgIpc) is 2.82. The van der Waals surface area contributed by atoms with Gasteiger partial charge in [-0.15, -0.1) is 11.3 Å². The summed E-state index contributed by atoms with van der Waals surface area (Å²) in [7, 11) is 0. The van der Waals surface area contributed by atoms with Crippen LogP contribution in [0, 0.1) is 6.92 Å². The minimum Gasteiger partial charge on any atom is -0.271 e. The van der Waals surface area contributed by atoms with Crippen molar-refractivity contribution in [3.8, 4) is 0 Å². The van der Waals surface area contributed by atoms with Crippen molar-refractivity contribution in [1.29, 1.82) is 0 Å². The molecule has 1 aromatic heterocycles. The van der Waals surface area contributed by atoms with E-state index in [1.165, 1.54) is 9.75 Å². The summed E-state index contributed by atoms with van der Waals surface area (Å²) in [6.45, 7) is 4.22. The molecule has 3 N–H and O–H groups in total. The first-order valence-electron chi connectivity index (χ1n) is 6.43. The third-order valence-electron chi connectivity index (χ3n) is 3.14. The highest BCUT2D eigenvalue weighted by Crippen LogP contribution is 2.26. The molecule has 2 rings (SSSR count). The Labute approximate surface area is 123 Å². The second-order valence-electron chi connectivity index (χ2n) is 4.71. The molecule has 0 radical (unpaired) electrons. The molecule has 1 unspecified atom stereocenters. The second kappa shape index (κ2) is 6.53. The van der Waals surface area contributed by atoms with E-state index in [-0.39, 0.29) is 6.04 Å². The second-order valence-corrected chi connectivity index (χ2v) is 6.40. The number of rotatable bonds is 5. The van der Waals surface area contributed by atoms with Crippen LogP contribution in [0.5, 0.6) is 0 Å². The molecule has 1 heterocycles. The first-order chi connectivity index (χ1) is 9.12. The Morgan fingerprint density at radius 1 is 1.26 bits per heavy atom. The van der Waals surface area contributed by atoms with Crippen LogP contribution in [0.25, 0.3) is 0 Å². The summed E-state index contributed by atoms with van der Waals surface area (Å²) in [4.78, 5) is 2.76. The molecule has 0 amide bonds. The van der Waals surface area contributed by atoms with Gasteiger partial charge in [0.1, 0.15) is 0 Å². The predicted octanol–water partition coefficient (Wildman–Crippen LogP) is 4.02. The molecular weight excluding hydrogens is 276 g/mol. The summed E-state index contributed by atoms with van der Waals surface area (Å²) in [6.07, 6.45) is 1.97. The number of benzene rings is 1. The van der Waals surface area contributed by atoms with Crippen LogP contribution in [0.15, 0.2) is 30.3 Å². The normalized spacial score (nSPS) is 12.6. The lowest BCUT2D eigenvalue weighted by atomic mass is 10.0. The summed E-state index contributed by atoms with van der Waals surface area (Å²) in [5.41, 5.74) is 5.19. The van der Waals surface area contributed by atoms with Crippen LogP contribution in [-0.2, 0) is 12.8 Å². The van der Waals surface area contributed by atoms with Gasteiger partial charge in [0.25, 0.3) is 0 Å². The van der Waals surface area contributed by atoms with Crippen LogP contribution < -0.4 is 11.3 Å². The Morgan fingerprint density at radius 3 is 2.58 bits per heavy atom. The number of hydrazine groups is 1. The average molecular weight is 295 g/mol. The van der Waals surface area contributed by atoms with Gasteiger partial charge in [0, 0.05) is 21.2 Å². The molecule has 0 aliphatic heterocycles. The molecule has 0 saturated carbocycles. The Hall–Kier alpha value is -0.870. The van der Waals surface area contributed by atoms with Crippen LogP contribution in [0.2, 0.25) is 5.02 Å². The van der Waals surface area contributed by atoms with Crippen LogP contribution in [0.4, 0.5) is 0 Å². The minimum atomic E-state index is 0.0979. The Balaban J connectivity index is 2.19. The number of nitrogens with one attached hydrogen (secondary N) is 1. The van der Waals surface area contributed by atoms with Gasteiger partial charge in [0.2, 0.25) is 0 Å². The first-order valence-corrected chi connectivity index (χ1v) is 7.62. The van der Waals surface area contributed by atoms with Gasteiger partial charge >= 0.3 is 0 Å². The van der Waals surface area contributed by atoms with E-state index in [9.17, 15) is 0 Å². The van der Waals surface area contributed by atoms with Crippen LogP contribution >= 0.6 is 22.9 Å². The Kier molecular flexibility index (Phi) is 4.99. The highest BCUT2D eigenvalue weighted by atomic mass is 35.5. The molecule has 19 heavy (non-hydrogen) atoms. The van der Waals surface area contributed by atoms with Gasteiger partial charge < -0.3 is 0 Å². The van der Waals surface area contributed by atoms with Crippen molar-refractivity contribution >= 4 is 22.9 Å². The summed E-state index contributed by atoms with van der Waals surface area (Å²) >= 11 is 7.97. The molecule has 1 atom stereocenters. The van der Waals surface area contributed by atoms with E-state index < -0.39 is 0 Å². The number of hydrogen-bond donors (Lipinski definition) is 2. The summed E-state index contributed by atoms with van der Waals surface area (Å²) in [5.74, 6) is 5.70. The van der Waals surface area contributed by atoms with Gasteiger partial charge in [-0.3, -0.25) is 11.3 Å². The SMILES string of the molecule is CCc1ccc(CC(NN)c2cc(C)cc(Cl)c2)s1. The van der Waals surface area contributed by atoms with E-state index in [2.05, 4.69) is 30.5 Å². The molecule has 0 bridgehead atoms. The molecular formula is C15H19ClN2S. The molecule has 0 saturated heterocycles. The van der Waals surface area contributed by atoms with E-state index in [0.717, 1.165) is 29.0 Å². The van der Waals surface area contributed by atoms with Gasteiger partial charge in [-0.25, -0.2) is 0 Å². The van der Waals surface area contributed by atoms with Gasteiger partial charge in [-0.05, 0) is 48.7 Å². The smallest absolute Gasteiger partial charge is 0.0508 e. The molecule has 2 nitrogen and oxygen atoms in total. The largest absolute Gasteiger partial charge is 0.271 e. The van der Waals surface area contributed by atoms with E-state index in [0.29, 0.717) is 0 Å². The predicted molar refractivity (Wildman–Crippen MR) is 83.7 cm³/mol. The highest BCUT2D eigenvalue weighted by Gasteiger charge is 2.13. The lowest BCUT2D eigenvalue weighted by Gasteiger charge is -2.16. The monoisotopic (exact) mass is 294 g/mol. The third-order valence-corrected chi connectivity index (χ3v) is 4.61.